The van der Waals surface area contributed by atoms with Crippen molar-refractivity contribution >= 4 is 19.7 Å². The number of ether oxygens (including phenoxy) is 1. The van der Waals surface area contributed by atoms with E-state index in [9.17, 15) is 0 Å². The number of unbranched alkanes of at least 4 members (excludes halogenated alkanes) is 12. The maximum atomic E-state index is 6.02. The Balaban J connectivity index is 1.47. The number of allylic oxidation sites excluding steroid dienone is 1. The third-order valence-corrected chi connectivity index (χ3v) is 11.4. The second-order valence-corrected chi connectivity index (χ2v) is 16.9. The second-order valence-electron chi connectivity index (χ2n) is 14.7. The maximum Gasteiger partial charge on any atom is 0.119 e. The zero-order valence-electron chi connectivity index (χ0n) is 31.4. The van der Waals surface area contributed by atoms with E-state index in [1.807, 2.05) is 0 Å². The van der Waals surface area contributed by atoms with Crippen LogP contribution in [0.15, 0.2) is 84.9 Å². The van der Waals surface area contributed by atoms with E-state index in [4.69, 9.17) is 4.74 Å². The van der Waals surface area contributed by atoms with Gasteiger partial charge in [-0.2, -0.15) is 0 Å². The minimum absolute atomic E-state index is 0.557. The summed E-state index contributed by atoms with van der Waals surface area (Å²) in [6.07, 6.45) is 23.3. The first-order valence-corrected chi connectivity index (χ1v) is 20.6. The first-order chi connectivity index (χ1) is 23.4. The van der Waals surface area contributed by atoms with Gasteiger partial charge in [0.25, 0.3) is 0 Å². The van der Waals surface area contributed by atoms with Crippen LogP contribution in [0.2, 0.25) is 0 Å². The Morgan fingerprint density at radius 1 is 0.604 bits per heavy atom. The molecule has 3 heteroatoms. The molecule has 1 atom stereocenters. The van der Waals surface area contributed by atoms with Crippen molar-refractivity contribution in [3.05, 3.63) is 102 Å². The van der Waals surface area contributed by atoms with Crippen LogP contribution in [0.25, 0.3) is 11.1 Å². The number of hydrogen-bond acceptors (Lipinski definition) is 2. The van der Waals surface area contributed by atoms with Crippen LogP contribution in [-0.2, 0) is 0 Å². The Morgan fingerprint density at radius 3 is 1.73 bits per heavy atom. The van der Waals surface area contributed by atoms with Gasteiger partial charge in [0.1, 0.15) is 12.4 Å². The van der Waals surface area contributed by atoms with Crippen molar-refractivity contribution in [1.29, 1.82) is 0 Å². The van der Waals surface area contributed by atoms with Crippen LogP contribution in [0.3, 0.4) is 0 Å². The smallest absolute Gasteiger partial charge is 0.119 e. The van der Waals surface area contributed by atoms with Crippen LogP contribution in [0.5, 0.6) is 5.75 Å². The van der Waals surface area contributed by atoms with Gasteiger partial charge in [-0.15, -0.1) is 8.58 Å². The summed E-state index contributed by atoms with van der Waals surface area (Å²) < 4.78 is 6.02. The minimum Gasteiger partial charge on any atom is -0.492 e. The molecule has 0 saturated carbocycles. The van der Waals surface area contributed by atoms with Crippen LogP contribution in [0.4, 0.5) is 0 Å². The molecule has 0 fully saturated rings. The molecule has 0 amide bonds. The second kappa shape index (κ2) is 23.9. The normalized spacial score (nSPS) is 12.6. The highest BCUT2D eigenvalue weighted by molar-refractivity contribution is 7.39. The van der Waals surface area contributed by atoms with Gasteiger partial charge in [0.2, 0.25) is 0 Å². The molecule has 0 aromatic heterocycles. The van der Waals surface area contributed by atoms with Gasteiger partial charge in [0, 0.05) is 6.54 Å². The van der Waals surface area contributed by atoms with Crippen LogP contribution in [0, 0.1) is 0 Å². The first kappa shape index (κ1) is 40.0. The lowest BCUT2D eigenvalue weighted by Gasteiger charge is -2.24. The van der Waals surface area contributed by atoms with E-state index < -0.39 is 0 Å². The van der Waals surface area contributed by atoms with Crippen molar-refractivity contribution in [3.63, 3.8) is 0 Å². The standard InChI is InChI=1S/C45H68NOP/c1-6-7-8-9-15-24-35-45(2,3)48-38-25-16-13-11-10-12-14-23-30-43(39-26-19-17-20-27-39)44(40-28-21-18-22-29-40)41-31-33-42(34-32-41)47-37-36-46(4)5/h17-22,26-29,31-34,48H,6-16,23-25,30,35-38H2,1-5H3/b44-43-. The molecule has 0 heterocycles. The molecule has 3 rings (SSSR count). The topological polar surface area (TPSA) is 12.5 Å². The van der Waals surface area contributed by atoms with Crippen molar-refractivity contribution in [2.45, 2.75) is 129 Å². The van der Waals surface area contributed by atoms with Crippen molar-refractivity contribution in [2.24, 2.45) is 0 Å². The summed E-state index contributed by atoms with van der Waals surface area (Å²) in [4.78, 5) is 2.15. The van der Waals surface area contributed by atoms with Gasteiger partial charge >= 0.3 is 0 Å². The Hall–Kier alpha value is -2.41. The summed E-state index contributed by atoms with van der Waals surface area (Å²) in [6.45, 7) is 8.93. The van der Waals surface area contributed by atoms with Gasteiger partial charge in [-0.1, -0.05) is 171 Å². The number of benzene rings is 3. The van der Waals surface area contributed by atoms with Gasteiger partial charge in [0.05, 0.1) is 0 Å². The molecule has 3 aromatic rings. The van der Waals surface area contributed by atoms with E-state index in [1.54, 1.807) is 0 Å². The molecule has 0 aliphatic carbocycles. The molecule has 0 aliphatic rings. The zero-order valence-corrected chi connectivity index (χ0v) is 32.4. The zero-order chi connectivity index (χ0) is 34.3. The molecule has 1 unspecified atom stereocenters. The van der Waals surface area contributed by atoms with Crippen LogP contribution in [-0.4, -0.2) is 43.5 Å². The van der Waals surface area contributed by atoms with Crippen LogP contribution in [0.1, 0.15) is 140 Å². The fraction of sp³-hybridized carbons (Fsp3) is 0.556. The maximum absolute atomic E-state index is 6.02. The number of nitrogens with zero attached hydrogens (tertiary/aromatic N) is 1. The average molecular weight is 670 g/mol. The Bertz CT molecular complexity index is 1250. The molecule has 264 valence electrons. The summed E-state index contributed by atoms with van der Waals surface area (Å²) in [6, 6.07) is 30.8. The van der Waals surface area contributed by atoms with E-state index in [1.165, 1.54) is 130 Å². The lowest BCUT2D eigenvalue weighted by Crippen LogP contribution is -2.19. The van der Waals surface area contributed by atoms with E-state index >= 15 is 0 Å². The molecule has 48 heavy (non-hydrogen) atoms. The molecule has 3 aromatic carbocycles. The van der Waals surface area contributed by atoms with Crippen molar-refractivity contribution < 1.29 is 4.74 Å². The molecule has 0 saturated heterocycles. The first-order valence-electron chi connectivity index (χ1n) is 19.4. The van der Waals surface area contributed by atoms with Gasteiger partial charge in [-0.3, -0.25) is 0 Å². The third-order valence-electron chi connectivity index (χ3n) is 9.55. The van der Waals surface area contributed by atoms with E-state index in [2.05, 4.69) is 125 Å². The number of rotatable bonds is 26. The highest BCUT2D eigenvalue weighted by Gasteiger charge is 2.17. The fourth-order valence-electron chi connectivity index (χ4n) is 6.59. The molecule has 0 aliphatic heterocycles. The Morgan fingerprint density at radius 2 is 1.12 bits per heavy atom. The van der Waals surface area contributed by atoms with Gasteiger partial charge in [-0.25, -0.2) is 0 Å². The molecule has 0 bridgehead atoms. The molecule has 0 N–H and O–H groups in total. The summed E-state index contributed by atoms with van der Waals surface area (Å²) in [7, 11) is 5.29. The van der Waals surface area contributed by atoms with E-state index in [0.29, 0.717) is 11.8 Å². The van der Waals surface area contributed by atoms with Gasteiger partial charge in [0.15, 0.2) is 0 Å². The van der Waals surface area contributed by atoms with Gasteiger partial charge in [-0.05, 0) is 91.1 Å². The predicted molar refractivity (Wildman–Crippen MR) is 216 cm³/mol. The molecule has 0 radical (unpaired) electrons. The van der Waals surface area contributed by atoms with Crippen LogP contribution < -0.4 is 4.74 Å². The van der Waals surface area contributed by atoms with E-state index in [0.717, 1.165) is 27.3 Å². The minimum atomic E-state index is 0.557. The Labute approximate surface area is 297 Å². The summed E-state index contributed by atoms with van der Waals surface area (Å²) in [5.41, 5.74) is 6.66. The molecule has 0 spiro atoms. The summed E-state index contributed by atoms with van der Waals surface area (Å²) in [5.74, 6) is 0.932. The lowest BCUT2D eigenvalue weighted by atomic mass is 9.86. The van der Waals surface area contributed by atoms with Crippen LogP contribution >= 0.6 is 8.58 Å². The quantitative estimate of drug-likeness (QED) is 0.0479. The third kappa shape index (κ3) is 16.3. The highest BCUT2D eigenvalue weighted by Crippen LogP contribution is 2.38. The lowest BCUT2D eigenvalue weighted by molar-refractivity contribution is 0.261. The number of likely N-dealkylation sites (N-methyl/N-ethyl adjacent to an activating group) is 1. The molecular formula is C45H68NOP. The van der Waals surface area contributed by atoms with E-state index in [-0.39, 0.29) is 0 Å². The average Bonchev–Trinajstić information content (AvgIpc) is 3.09. The van der Waals surface area contributed by atoms with Crippen molar-refractivity contribution in [1.82, 2.24) is 4.90 Å². The molecular weight excluding hydrogens is 601 g/mol. The monoisotopic (exact) mass is 670 g/mol. The summed E-state index contributed by atoms with van der Waals surface area (Å²) >= 11 is 0. The SMILES string of the molecule is CCCCCCCCC(C)(C)PCCCCCCCCCC/C(=C(\c1ccccc1)c1ccc(OCCN(C)C)cc1)c1ccccc1. The summed E-state index contributed by atoms with van der Waals surface area (Å²) in [5, 5.41) is 0.557. The number of hydrogen-bond donors (Lipinski definition) is 0. The largest absolute Gasteiger partial charge is 0.492 e. The predicted octanol–water partition coefficient (Wildman–Crippen LogP) is 13.3. The fourth-order valence-corrected chi connectivity index (χ4v) is 8.04. The Kier molecular flexibility index (Phi) is 19.9. The van der Waals surface area contributed by atoms with Crippen molar-refractivity contribution in [3.8, 4) is 5.75 Å². The highest BCUT2D eigenvalue weighted by atomic mass is 31.1. The van der Waals surface area contributed by atoms with Gasteiger partial charge < -0.3 is 9.64 Å². The molecule has 2 nitrogen and oxygen atoms in total. The van der Waals surface area contributed by atoms with Crippen molar-refractivity contribution in [2.75, 3.05) is 33.4 Å².